The third kappa shape index (κ3) is 3.39. The van der Waals surface area contributed by atoms with Gasteiger partial charge in [-0.1, -0.05) is 20.8 Å². The van der Waals surface area contributed by atoms with Gasteiger partial charge in [0, 0.05) is 18.0 Å². The lowest BCUT2D eigenvalue weighted by atomic mass is 9.93. The molecule has 0 aromatic carbocycles. The Hall–Kier alpha value is -1.36. The van der Waals surface area contributed by atoms with Crippen molar-refractivity contribution in [3.8, 4) is 0 Å². The lowest BCUT2D eigenvalue weighted by Crippen LogP contribution is -2.45. The predicted molar refractivity (Wildman–Crippen MR) is 77.0 cm³/mol. The SMILES string of the molecule is CC1CCC(C(N)=O)CN1Cc1ncc(C(C)(C)C)o1. The van der Waals surface area contributed by atoms with E-state index in [4.69, 9.17) is 10.2 Å². The van der Waals surface area contributed by atoms with Crippen molar-refractivity contribution in [1.82, 2.24) is 9.88 Å². The van der Waals surface area contributed by atoms with Gasteiger partial charge < -0.3 is 10.2 Å². The summed E-state index contributed by atoms with van der Waals surface area (Å²) in [5, 5.41) is 0. The second kappa shape index (κ2) is 5.56. The Morgan fingerprint density at radius 1 is 1.50 bits per heavy atom. The maximum atomic E-state index is 11.4. The molecule has 2 rings (SSSR count). The standard InChI is InChI=1S/C15H25N3O2/c1-10-5-6-11(14(16)19)8-18(10)9-13-17-7-12(20-13)15(2,3)4/h7,10-11H,5-6,8-9H2,1-4H3,(H2,16,19). The van der Waals surface area contributed by atoms with Gasteiger partial charge in [0.05, 0.1) is 18.7 Å². The number of hydrogen-bond acceptors (Lipinski definition) is 4. The molecule has 0 radical (unpaired) electrons. The molecule has 1 aromatic heterocycles. The molecule has 2 N–H and O–H groups in total. The molecule has 0 spiro atoms. The summed E-state index contributed by atoms with van der Waals surface area (Å²) >= 11 is 0. The Morgan fingerprint density at radius 3 is 2.75 bits per heavy atom. The molecule has 112 valence electrons. The monoisotopic (exact) mass is 279 g/mol. The van der Waals surface area contributed by atoms with Crippen LogP contribution in [0.1, 0.15) is 52.2 Å². The van der Waals surface area contributed by atoms with Crippen LogP contribution < -0.4 is 5.73 Å². The molecule has 2 atom stereocenters. The average Bonchev–Trinajstić information content (AvgIpc) is 2.80. The van der Waals surface area contributed by atoms with Crippen molar-refractivity contribution in [1.29, 1.82) is 0 Å². The zero-order chi connectivity index (χ0) is 14.9. The van der Waals surface area contributed by atoms with Crippen LogP contribution in [0.3, 0.4) is 0 Å². The van der Waals surface area contributed by atoms with E-state index in [-0.39, 0.29) is 17.2 Å². The van der Waals surface area contributed by atoms with Crippen molar-refractivity contribution in [2.24, 2.45) is 11.7 Å². The third-order valence-corrected chi connectivity index (χ3v) is 4.04. The zero-order valence-corrected chi connectivity index (χ0v) is 12.8. The lowest BCUT2D eigenvalue weighted by molar-refractivity contribution is -0.124. The zero-order valence-electron chi connectivity index (χ0n) is 12.8. The maximum absolute atomic E-state index is 11.4. The van der Waals surface area contributed by atoms with Gasteiger partial charge in [-0.15, -0.1) is 0 Å². The highest BCUT2D eigenvalue weighted by Crippen LogP contribution is 2.26. The van der Waals surface area contributed by atoms with Crippen molar-refractivity contribution in [3.63, 3.8) is 0 Å². The number of amides is 1. The van der Waals surface area contributed by atoms with Crippen LogP contribution in [0.4, 0.5) is 0 Å². The van der Waals surface area contributed by atoms with E-state index in [1.165, 1.54) is 0 Å². The van der Waals surface area contributed by atoms with E-state index in [9.17, 15) is 4.79 Å². The molecule has 1 saturated heterocycles. The third-order valence-electron chi connectivity index (χ3n) is 4.04. The van der Waals surface area contributed by atoms with E-state index < -0.39 is 0 Å². The Balaban J connectivity index is 2.04. The smallest absolute Gasteiger partial charge is 0.221 e. The molecule has 1 amide bonds. The van der Waals surface area contributed by atoms with Crippen LogP contribution in [0.15, 0.2) is 10.6 Å². The fourth-order valence-electron chi connectivity index (χ4n) is 2.54. The fourth-order valence-corrected chi connectivity index (χ4v) is 2.54. The number of oxazole rings is 1. The second-order valence-electron chi connectivity index (χ2n) is 6.82. The van der Waals surface area contributed by atoms with E-state index >= 15 is 0 Å². The summed E-state index contributed by atoms with van der Waals surface area (Å²) in [5.74, 6) is 1.35. The molecular formula is C15H25N3O2. The van der Waals surface area contributed by atoms with Crippen LogP contribution in [-0.2, 0) is 16.8 Å². The van der Waals surface area contributed by atoms with Crippen molar-refractivity contribution < 1.29 is 9.21 Å². The van der Waals surface area contributed by atoms with Gasteiger partial charge in [-0.3, -0.25) is 9.69 Å². The number of primary amides is 1. The maximum Gasteiger partial charge on any atom is 0.221 e. The molecule has 0 aliphatic carbocycles. The number of nitrogens with zero attached hydrogens (tertiary/aromatic N) is 2. The number of hydrogen-bond donors (Lipinski definition) is 1. The molecule has 20 heavy (non-hydrogen) atoms. The normalized spacial score (nSPS) is 24.8. The highest BCUT2D eigenvalue weighted by atomic mass is 16.4. The van der Waals surface area contributed by atoms with Crippen LogP contribution in [0.5, 0.6) is 0 Å². The van der Waals surface area contributed by atoms with Gasteiger partial charge in [0.1, 0.15) is 5.76 Å². The Labute approximate surface area is 120 Å². The van der Waals surface area contributed by atoms with Crippen LogP contribution in [0, 0.1) is 5.92 Å². The highest BCUT2D eigenvalue weighted by molar-refractivity contribution is 5.76. The number of likely N-dealkylation sites (tertiary alicyclic amines) is 1. The predicted octanol–water partition coefficient (Wildman–Crippen LogP) is 2.06. The molecule has 5 nitrogen and oxygen atoms in total. The largest absolute Gasteiger partial charge is 0.444 e. The van der Waals surface area contributed by atoms with E-state index in [2.05, 4.69) is 37.6 Å². The first-order valence-corrected chi connectivity index (χ1v) is 7.26. The second-order valence-corrected chi connectivity index (χ2v) is 6.82. The molecular weight excluding hydrogens is 254 g/mol. The van der Waals surface area contributed by atoms with E-state index in [0.29, 0.717) is 25.0 Å². The molecule has 0 saturated carbocycles. The Kier molecular flexibility index (Phi) is 4.18. The topological polar surface area (TPSA) is 72.4 Å². The molecule has 2 unspecified atom stereocenters. The summed E-state index contributed by atoms with van der Waals surface area (Å²) in [4.78, 5) is 17.9. The number of carbonyl (C=O) groups excluding carboxylic acids is 1. The minimum Gasteiger partial charge on any atom is -0.444 e. The summed E-state index contributed by atoms with van der Waals surface area (Å²) in [6, 6.07) is 0.426. The Bertz CT molecular complexity index is 476. The van der Waals surface area contributed by atoms with Crippen LogP contribution in [-0.4, -0.2) is 28.4 Å². The molecule has 5 heteroatoms. The van der Waals surface area contributed by atoms with Crippen LogP contribution in [0.25, 0.3) is 0 Å². The molecule has 1 aliphatic rings. The van der Waals surface area contributed by atoms with Crippen molar-refractivity contribution in [3.05, 3.63) is 17.8 Å². The lowest BCUT2D eigenvalue weighted by Gasteiger charge is -2.35. The first-order valence-electron chi connectivity index (χ1n) is 7.26. The average molecular weight is 279 g/mol. The van der Waals surface area contributed by atoms with Crippen LogP contribution in [0.2, 0.25) is 0 Å². The molecule has 1 aromatic rings. The van der Waals surface area contributed by atoms with Gasteiger partial charge in [0.25, 0.3) is 0 Å². The van der Waals surface area contributed by atoms with Gasteiger partial charge >= 0.3 is 0 Å². The number of carbonyl (C=O) groups is 1. The molecule has 2 heterocycles. The highest BCUT2D eigenvalue weighted by Gasteiger charge is 2.29. The number of nitrogens with two attached hydrogens (primary N) is 1. The first-order chi connectivity index (χ1) is 9.27. The first kappa shape index (κ1) is 15.0. The number of aromatic nitrogens is 1. The summed E-state index contributed by atoms with van der Waals surface area (Å²) in [7, 11) is 0. The van der Waals surface area contributed by atoms with Gasteiger partial charge in [-0.2, -0.15) is 0 Å². The van der Waals surface area contributed by atoms with Crippen molar-refractivity contribution >= 4 is 5.91 Å². The summed E-state index contributed by atoms with van der Waals surface area (Å²) < 4.78 is 5.83. The Morgan fingerprint density at radius 2 is 2.20 bits per heavy atom. The summed E-state index contributed by atoms with van der Waals surface area (Å²) in [6.07, 6.45) is 3.67. The minimum absolute atomic E-state index is 0.0332. The fraction of sp³-hybridized carbons (Fsp3) is 0.733. The summed E-state index contributed by atoms with van der Waals surface area (Å²) in [5.41, 5.74) is 5.39. The van der Waals surface area contributed by atoms with Gasteiger partial charge in [0.15, 0.2) is 0 Å². The van der Waals surface area contributed by atoms with E-state index in [1.807, 2.05) is 0 Å². The van der Waals surface area contributed by atoms with E-state index in [0.717, 1.165) is 18.6 Å². The number of piperidine rings is 1. The molecule has 1 aliphatic heterocycles. The van der Waals surface area contributed by atoms with Crippen molar-refractivity contribution in [2.75, 3.05) is 6.54 Å². The minimum atomic E-state index is -0.204. The quantitative estimate of drug-likeness (QED) is 0.919. The van der Waals surface area contributed by atoms with E-state index in [1.54, 1.807) is 6.20 Å². The molecule has 0 bridgehead atoms. The summed E-state index contributed by atoms with van der Waals surface area (Å²) in [6.45, 7) is 9.81. The van der Waals surface area contributed by atoms with Crippen molar-refractivity contribution in [2.45, 2.75) is 58.5 Å². The van der Waals surface area contributed by atoms with Gasteiger partial charge in [0.2, 0.25) is 11.8 Å². The van der Waals surface area contributed by atoms with Crippen LogP contribution >= 0.6 is 0 Å². The van der Waals surface area contributed by atoms with Gasteiger partial charge in [-0.05, 0) is 19.8 Å². The number of rotatable bonds is 3. The van der Waals surface area contributed by atoms with Gasteiger partial charge in [-0.25, -0.2) is 4.98 Å². The molecule has 1 fully saturated rings.